The SMILES string of the molecule is CCCCCCC1CCC2CC(c3cc4cccc(F)c4c(F)c3C#N)CCC2C1. The minimum Gasteiger partial charge on any atom is -0.206 e. The Kier molecular flexibility index (Phi) is 6.71. The number of rotatable bonds is 6. The molecule has 0 aromatic heterocycles. The lowest BCUT2D eigenvalue weighted by Crippen LogP contribution is -2.30. The predicted octanol–water partition coefficient (Wildman–Crippen LogP) is 8.26. The molecule has 0 saturated heterocycles. The topological polar surface area (TPSA) is 23.8 Å². The number of benzene rings is 2. The Hall–Kier alpha value is -1.95. The highest BCUT2D eigenvalue weighted by Gasteiger charge is 2.37. The van der Waals surface area contributed by atoms with E-state index in [1.165, 1.54) is 63.9 Å². The molecule has 30 heavy (non-hydrogen) atoms. The first-order valence-corrected chi connectivity index (χ1v) is 11.9. The normalized spacial score (nSPS) is 26.3. The third kappa shape index (κ3) is 4.25. The van der Waals surface area contributed by atoms with Crippen LogP contribution in [0.2, 0.25) is 0 Å². The van der Waals surface area contributed by atoms with Crippen molar-refractivity contribution in [1.29, 1.82) is 5.26 Å². The molecule has 0 amide bonds. The maximum Gasteiger partial charge on any atom is 0.152 e. The quantitative estimate of drug-likeness (QED) is 0.440. The van der Waals surface area contributed by atoms with Crippen LogP contribution >= 0.6 is 0 Å². The summed E-state index contributed by atoms with van der Waals surface area (Å²) in [6.07, 6.45) is 13.9. The predicted molar refractivity (Wildman–Crippen MR) is 118 cm³/mol. The van der Waals surface area contributed by atoms with E-state index >= 15 is 4.39 Å². The molecule has 2 aromatic rings. The van der Waals surface area contributed by atoms with Crippen molar-refractivity contribution in [2.45, 2.75) is 83.5 Å². The fourth-order valence-corrected chi connectivity index (χ4v) is 6.21. The average molecular weight is 410 g/mol. The van der Waals surface area contributed by atoms with E-state index in [1.807, 2.05) is 6.07 Å². The zero-order valence-corrected chi connectivity index (χ0v) is 18.1. The van der Waals surface area contributed by atoms with Gasteiger partial charge in [-0.25, -0.2) is 8.78 Å². The third-order valence-corrected chi connectivity index (χ3v) is 7.82. The van der Waals surface area contributed by atoms with Crippen LogP contribution in [0.4, 0.5) is 8.78 Å². The Balaban J connectivity index is 1.48. The Morgan fingerprint density at radius 1 is 1.00 bits per heavy atom. The van der Waals surface area contributed by atoms with Gasteiger partial charge >= 0.3 is 0 Å². The van der Waals surface area contributed by atoms with Crippen LogP contribution in [0.3, 0.4) is 0 Å². The molecule has 0 radical (unpaired) electrons. The highest BCUT2D eigenvalue weighted by atomic mass is 19.1. The molecular formula is C27H33F2N. The van der Waals surface area contributed by atoms with Crippen molar-refractivity contribution in [3.8, 4) is 6.07 Å². The van der Waals surface area contributed by atoms with Gasteiger partial charge in [0, 0.05) is 0 Å². The van der Waals surface area contributed by atoms with Gasteiger partial charge in [0.15, 0.2) is 5.82 Å². The zero-order chi connectivity index (χ0) is 21.1. The van der Waals surface area contributed by atoms with Crippen molar-refractivity contribution >= 4 is 10.8 Å². The lowest BCUT2D eigenvalue weighted by Gasteiger charge is -2.42. The summed E-state index contributed by atoms with van der Waals surface area (Å²) in [5, 5.41) is 10.2. The molecule has 160 valence electrons. The summed E-state index contributed by atoms with van der Waals surface area (Å²) in [5.41, 5.74) is 0.855. The van der Waals surface area contributed by atoms with Gasteiger partial charge in [0.25, 0.3) is 0 Å². The second-order valence-electron chi connectivity index (χ2n) is 9.66. The number of fused-ring (bicyclic) bond motifs is 2. The third-order valence-electron chi connectivity index (χ3n) is 7.82. The van der Waals surface area contributed by atoms with Crippen molar-refractivity contribution in [3.05, 3.63) is 47.0 Å². The van der Waals surface area contributed by atoms with Gasteiger partial charge < -0.3 is 0 Å². The smallest absolute Gasteiger partial charge is 0.152 e. The summed E-state index contributed by atoms with van der Waals surface area (Å²) in [6, 6.07) is 8.56. The fraction of sp³-hybridized carbons (Fsp3) is 0.593. The molecule has 4 atom stereocenters. The molecule has 4 unspecified atom stereocenters. The molecule has 0 heterocycles. The largest absolute Gasteiger partial charge is 0.206 e. The molecule has 2 fully saturated rings. The molecular weight excluding hydrogens is 376 g/mol. The summed E-state index contributed by atoms with van der Waals surface area (Å²) in [7, 11) is 0. The number of halogens is 2. The van der Waals surface area contributed by atoms with Gasteiger partial charge in [-0.15, -0.1) is 0 Å². The summed E-state index contributed by atoms with van der Waals surface area (Å²) >= 11 is 0. The molecule has 2 saturated carbocycles. The highest BCUT2D eigenvalue weighted by Crippen LogP contribution is 2.49. The second kappa shape index (κ2) is 9.46. The van der Waals surface area contributed by atoms with Gasteiger partial charge in [-0.1, -0.05) is 57.6 Å². The van der Waals surface area contributed by atoms with Crippen LogP contribution < -0.4 is 0 Å². The Morgan fingerprint density at radius 3 is 2.60 bits per heavy atom. The van der Waals surface area contributed by atoms with E-state index in [-0.39, 0.29) is 16.9 Å². The van der Waals surface area contributed by atoms with Gasteiger partial charge in [-0.3, -0.25) is 0 Å². The van der Waals surface area contributed by atoms with Gasteiger partial charge in [-0.05, 0) is 78.9 Å². The summed E-state index contributed by atoms with van der Waals surface area (Å²) < 4.78 is 29.2. The van der Waals surface area contributed by atoms with Crippen LogP contribution in [0.1, 0.15) is 94.6 Å². The fourth-order valence-electron chi connectivity index (χ4n) is 6.21. The molecule has 2 aliphatic rings. The van der Waals surface area contributed by atoms with Crippen LogP contribution in [0.25, 0.3) is 10.8 Å². The number of nitriles is 1. The van der Waals surface area contributed by atoms with Crippen LogP contribution in [-0.4, -0.2) is 0 Å². The Labute approximate surface area is 179 Å². The van der Waals surface area contributed by atoms with Crippen LogP contribution in [0, 0.1) is 40.7 Å². The molecule has 0 aliphatic heterocycles. The first kappa shape index (κ1) is 21.3. The number of hydrogen-bond acceptors (Lipinski definition) is 1. The van der Waals surface area contributed by atoms with E-state index in [9.17, 15) is 9.65 Å². The zero-order valence-electron chi connectivity index (χ0n) is 18.1. The monoisotopic (exact) mass is 409 g/mol. The average Bonchev–Trinajstić information content (AvgIpc) is 2.76. The van der Waals surface area contributed by atoms with Crippen LogP contribution in [0.5, 0.6) is 0 Å². The van der Waals surface area contributed by atoms with Gasteiger partial charge in [0.05, 0.1) is 10.9 Å². The standard InChI is InChI=1S/C27H33F2N/c1-2-3-4-5-7-18-10-11-20-15-21(13-12-19(20)14-18)23-16-22-8-6-9-25(28)26(22)27(29)24(23)17-30/h6,8-9,16,18-21H,2-5,7,10-15H2,1H3. The minimum absolute atomic E-state index is 0.0462. The molecule has 2 aromatic carbocycles. The Bertz CT molecular complexity index is 929. The van der Waals surface area contributed by atoms with E-state index in [0.717, 1.165) is 30.2 Å². The molecule has 0 N–H and O–H groups in total. The maximum absolute atomic E-state index is 15.0. The van der Waals surface area contributed by atoms with Crippen molar-refractivity contribution in [2.24, 2.45) is 17.8 Å². The second-order valence-corrected chi connectivity index (χ2v) is 9.66. The van der Waals surface area contributed by atoms with Gasteiger partial charge in [0.2, 0.25) is 0 Å². The van der Waals surface area contributed by atoms with Gasteiger partial charge in [0.1, 0.15) is 11.9 Å². The highest BCUT2D eigenvalue weighted by molar-refractivity contribution is 5.86. The van der Waals surface area contributed by atoms with E-state index in [2.05, 4.69) is 13.0 Å². The number of unbranched alkanes of at least 4 members (excludes halogenated alkanes) is 3. The summed E-state index contributed by atoms with van der Waals surface area (Å²) in [4.78, 5) is 0. The Morgan fingerprint density at radius 2 is 1.80 bits per heavy atom. The van der Waals surface area contributed by atoms with E-state index < -0.39 is 11.6 Å². The first-order chi connectivity index (χ1) is 14.6. The minimum atomic E-state index is -0.680. The van der Waals surface area contributed by atoms with Crippen LogP contribution in [0.15, 0.2) is 24.3 Å². The summed E-state index contributed by atoms with van der Waals surface area (Å²) in [6.45, 7) is 2.26. The molecule has 1 nitrogen and oxygen atoms in total. The molecule has 2 aliphatic carbocycles. The van der Waals surface area contributed by atoms with Crippen molar-refractivity contribution in [1.82, 2.24) is 0 Å². The van der Waals surface area contributed by atoms with E-state index in [4.69, 9.17) is 0 Å². The van der Waals surface area contributed by atoms with Crippen molar-refractivity contribution in [2.75, 3.05) is 0 Å². The number of hydrogen-bond donors (Lipinski definition) is 0. The first-order valence-electron chi connectivity index (χ1n) is 11.9. The van der Waals surface area contributed by atoms with Gasteiger partial charge in [-0.2, -0.15) is 5.26 Å². The van der Waals surface area contributed by atoms with Crippen molar-refractivity contribution < 1.29 is 8.78 Å². The summed E-state index contributed by atoms with van der Waals surface area (Å²) in [5.74, 6) is 1.31. The molecule has 0 spiro atoms. The van der Waals surface area contributed by atoms with E-state index in [0.29, 0.717) is 11.3 Å². The molecule has 3 heteroatoms. The number of nitrogens with zero attached hydrogens (tertiary/aromatic N) is 1. The lowest BCUT2D eigenvalue weighted by atomic mass is 9.63. The van der Waals surface area contributed by atoms with Crippen LogP contribution in [-0.2, 0) is 0 Å². The lowest BCUT2D eigenvalue weighted by molar-refractivity contribution is 0.113. The van der Waals surface area contributed by atoms with E-state index in [1.54, 1.807) is 12.1 Å². The molecule has 4 rings (SSSR count). The molecule has 0 bridgehead atoms. The van der Waals surface area contributed by atoms with Crippen molar-refractivity contribution in [3.63, 3.8) is 0 Å². The maximum atomic E-state index is 15.0.